The molecule has 1 aromatic heterocycles. The molecule has 0 fully saturated rings. The monoisotopic (exact) mass is 360 g/mol. The van der Waals surface area contributed by atoms with E-state index in [4.69, 9.17) is 18.6 Å². The molecule has 0 atom stereocenters. The van der Waals surface area contributed by atoms with E-state index in [1.807, 2.05) is 0 Å². The number of nitrogens with zero attached hydrogens (tertiary/aromatic N) is 1. The topological polar surface area (TPSA) is 99.4 Å². The highest BCUT2D eigenvalue weighted by atomic mass is 16.6. The van der Waals surface area contributed by atoms with Crippen LogP contribution in [0.1, 0.15) is 34.4 Å². The van der Waals surface area contributed by atoms with E-state index in [9.17, 15) is 9.59 Å². The minimum absolute atomic E-state index is 0.174. The summed E-state index contributed by atoms with van der Waals surface area (Å²) in [6, 6.07) is 4.84. The maximum absolute atomic E-state index is 12.1. The van der Waals surface area contributed by atoms with Crippen molar-refractivity contribution in [3.8, 4) is 17.2 Å². The van der Waals surface area contributed by atoms with Crippen molar-refractivity contribution in [1.82, 2.24) is 5.43 Å². The molecular formula is C18H20N2O6. The lowest BCUT2D eigenvalue weighted by Gasteiger charge is -2.13. The van der Waals surface area contributed by atoms with Gasteiger partial charge in [0.1, 0.15) is 11.5 Å². The Hall–Kier alpha value is -3.29. The summed E-state index contributed by atoms with van der Waals surface area (Å²) in [6.45, 7) is 4.74. The van der Waals surface area contributed by atoms with Crippen LogP contribution in [0.4, 0.5) is 0 Å². The molecule has 0 aliphatic rings. The lowest BCUT2D eigenvalue weighted by atomic mass is 10.2. The number of benzene rings is 1. The normalized spacial score (nSPS) is 10.7. The third-order valence-corrected chi connectivity index (χ3v) is 3.39. The summed E-state index contributed by atoms with van der Waals surface area (Å²) in [7, 11) is 2.88. The van der Waals surface area contributed by atoms with Gasteiger partial charge in [0.15, 0.2) is 11.5 Å². The Morgan fingerprint density at radius 2 is 1.73 bits per heavy atom. The number of nitrogens with one attached hydrogen (secondary N) is 1. The van der Waals surface area contributed by atoms with E-state index >= 15 is 0 Å². The average Bonchev–Trinajstić information content (AvgIpc) is 2.93. The van der Waals surface area contributed by atoms with Gasteiger partial charge in [-0.2, -0.15) is 5.10 Å². The van der Waals surface area contributed by atoms with Gasteiger partial charge in [-0.25, -0.2) is 5.43 Å². The first-order valence-electron chi connectivity index (χ1n) is 7.70. The van der Waals surface area contributed by atoms with Gasteiger partial charge >= 0.3 is 5.97 Å². The number of amides is 1. The standard InChI is InChI=1S/C18H20N2O6/c1-10-6-14(11(2)25-10)18(22)20-19-9-13-7-15(23-4)17(26-12(3)21)16(8-13)24-5/h6-9H,1-5H3,(H,20,22). The van der Waals surface area contributed by atoms with E-state index in [1.54, 1.807) is 32.0 Å². The molecule has 0 aliphatic heterocycles. The van der Waals surface area contributed by atoms with Gasteiger partial charge in [-0.3, -0.25) is 9.59 Å². The Balaban J connectivity index is 2.20. The minimum atomic E-state index is -0.499. The molecule has 8 nitrogen and oxygen atoms in total. The van der Waals surface area contributed by atoms with Crippen molar-refractivity contribution in [3.63, 3.8) is 0 Å². The Bertz CT molecular complexity index is 828. The van der Waals surface area contributed by atoms with Crippen LogP contribution in [-0.2, 0) is 4.79 Å². The predicted molar refractivity (Wildman–Crippen MR) is 94.1 cm³/mol. The molecule has 8 heteroatoms. The van der Waals surface area contributed by atoms with Crippen LogP contribution in [-0.4, -0.2) is 32.3 Å². The lowest BCUT2D eigenvalue weighted by molar-refractivity contribution is -0.132. The molecule has 26 heavy (non-hydrogen) atoms. The van der Waals surface area contributed by atoms with Gasteiger partial charge in [0, 0.05) is 12.5 Å². The molecule has 2 aromatic rings. The number of rotatable bonds is 6. The SMILES string of the molecule is COc1cc(C=NNC(=O)c2cc(C)oc2C)cc(OC)c1OC(C)=O. The largest absolute Gasteiger partial charge is 0.493 e. The molecule has 0 bridgehead atoms. The second-order valence-electron chi connectivity index (χ2n) is 5.37. The molecule has 0 saturated heterocycles. The van der Waals surface area contributed by atoms with Crippen LogP contribution in [0.25, 0.3) is 0 Å². The van der Waals surface area contributed by atoms with Crippen LogP contribution >= 0.6 is 0 Å². The molecule has 138 valence electrons. The first kappa shape index (κ1) is 19.0. The number of carbonyl (C=O) groups excluding carboxylic acids is 2. The number of ether oxygens (including phenoxy) is 3. The zero-order valence-electron chi connectivity index (χ0n) is 15.2. The average molecular weight is 360 g/mol. The third kappa shape index (κ3) is 4.41. The number of hydrogen-bond acceptors (Lipinski definition) is 7. The fourth-order valence-electron chi connectivity index (χ4n) is 2.30. The number of methoxy groups -OCH3 is 2. The van der Waals surface area contributed by atoms with Gasteiger partial charge in [-0.15, -0.1) is 0 Å². The van der Waals surface area contributed by atoms with Crippen LogP contribution < -0.4 is 19.6 Å². The van der Waals surface area contributed by atoms with Gasteiger partial charge in [0.2, 0.25) is 5.75 Å². The molecule has 0 spiro atoms. The summed E-state index contributed by atoms with van der Waals surface area (Å²) in [6.07, 6.45) is 1.42. The van der Waals surface area contributed by atoms with Crippen LogP contribution in [0.5, 0.6) is 17.2 Å². The molecule has 1 amide bonds. The number of hydrogen-bond donors (Lipinski definition) is 1. The van der Waals surface area contributed by atoms with Crippen molar-refractivity contribution < 1.29 is 28.2 Å². The molecule has 2 rings (SSSR count). The molecule has 0 unspecified atom stereocenters. The van der Waals surface area contributed by atoms with Crippen LogP contribution in [0.2, 0.25) is 0 Å². The van der Waals surface area contributed by atoms with Gasteiger partial charge < -0.3 is 18.6 Å². The van der Waals surface area contributed by atoms with Crippen molar-refractivity contribution in [2.75, 3.05) is 14.2 Å². The van der Waals surface area contributed by atoms with Gasteiger partial charge in [0.05, 0.1) is 26.0 Å². The minimum Gasteiger partial charge on any atom is -0.493 e. The van der Waals surface area contributed by atoms with E-state index < -0.39 is 5.97 Å². The van der Waals surface area contributed by atoms with Crippen molar-refractivity contribution in [2.24, 2.45) is 5.10 Å². The Morgan fingerprint density at radius 1 is 1.12 bits per heavy atom. The van der Waals surface area contributed by atoms with Crippen LogP contribution in [0.3, 0.4) is 0 Å². The molecule has 0 radical (unpaired) electrons. The Labute approximate surface area is 150 Å². The van der Waals surface area contributed by atoms with Gasteiger partial charge in [-0.1, -0.05) is 0 Å². The van der Waals surface area contributed by atoms with E-state index in [1.165, 1.54) is 27.4 Å². The van der Waals surface area contributed by atoms with E-state index in [0.717, 1.165) is 0 Å². The molecule has 1 heterocycles. The number of carbonyl (C=O) groups is 2. The second kappa shape index (κ2) is 8.19. The fourth-order valence-corrected chi connectivity index (χ4v) is 2.30. The van der Waals surface area contributed by atoms with Crippen LogP contribution in [0, 0.1) is 13.8 Å². The number of esters is 1. The number of aryl methyl sites for hydroxylation is 2. The summed E-state index contributed by atoms with van der Waals surface area (Å²) in [5.74, 6) is 1.05. The van der Waals surface area contributed by atoms with Crippen molar-refractivity contribution in [1.29, 1.82) is 0 Å². The second-order valence-corrected chi connectivity index (χ2v) is 5.37. The van der Waals surface area contributed by atoms with Crippen molar-refractivity contribution in [2.45, 2.75) is 20.8 Å². The van der Waals surface area contributed by atoms with Crippen molar-refractivity contribution >= 4 is 18.1 Å². The molecule has 1 aromatic carbocycles. The zero-order valence-corrected chi connectivity index (χ0v) is 15.2. The van der Waals surface area contributed by atoms with Gasteiger partial charge in [0.25, 0.3) is 5.91 Å². The molecule has 1 N–H and O–H groups in total. The third-order valence-electron chi connectivity index (χ3n) is 3.39. The predicted octanol–water partition coefficient (Wildman–Crippen LogP) is 2.60. The Morgan fingerprint density at radius 3 is 2.19 bits per heavy atom. The summed E-state index contributed by atoms with van der Waals surface area (Å²) in [5.41, 5.74) is 3.42. The summed E-state index contributed by atoms with van der Waals surface area (Å²) < 4.78 is 20.9. The summed E-state index contributed by atoms with van der Waals surface area (Å²) in [5, 5.41) is 3.92. The maximum atomic E-state index is 12.1. The molecule has 0 aliphatic carbocycles. The highest BCUT2D eigenvalue weighted by Gasteiger charge is 2.16. The highest BCUT2D eigenvalue weighted by molar-refractivity contribution is 5.96. The zero-order chi connectivity index (χ0) is 19.3. The first-order valence-corrected chi connectivity index (χ1v) is 7.70. The fraction of sp³-hybridized carbons (Fsp3) is 0.278. The summed E-state index contributed by atoms with van der Waals surface area (Å²) >= 11 is 0. The lowest BCUT2D eigenvalue weighted by Crippen LogP contribution is -2.17. The highest BCUT2D eigenvalue weighted by Crippen LogP contribution is 2.38. The van der Waals surface area contributed by atoms with Gasteiger partial charge in [-0.05, 0) is 32.0 Å². The first-order chi connectivity index (χ1) is 12.3. The quantitative estimate of drug-likeness (QED) is 0.368. The van der Waals surface area contributed by atoms with Crippen LogP contribution in [0.15, 0.2) is 27.7 Å². The maximum Gasteiger partial charge on any atom is 0.308 e. The van der Waals surface area contributed by atoms with E-state index in [-0.39, 0.29) is 11.7 Å². The Kier molecular flexibility index (Phi) is 6.00. The van der Waals surface area contributed by atoms with E-state index in [0.29, 0.717) is 34.1 Å². The number of hydrazone groups is 1. The smallest absolute Gasteiger partial charge is 0.308 e. The molecule has 0 saturated carbocycles. The van der Waals surface area contributed by atoms with Crippen molar-refractivity contribution in [3.05, 3.63) is 40.8 Å². The molecular weight excluding hydrogens is 340 g/mol. The van der Waals surface area contributed by atoms with E-state index in [2.05, 4.69) is 10.5 Å². The number of furan rings is 1. The summed E-state index contributed by atoms with van der Waals surface area (Å²) in [4.78, 5) is 23.3.